The molecule has 4 heteroatoms. The van der Waals surface area contributed by atoms with E-state index >= 15 is 0 Å². The van der Waals surface area contributed by atoms with Gasteiger partial charge in [-0.1, -0.05) is 12.1 Å². The van der Waals surface area contributed by atoms with Crippen LogP contribution in [0.3, 0.4) is 0 Å². The Morgan fingerprint density at radius 1 is 1.33 bits per heavy atom. The molecule has 1 N–H and O–H groups in total. The van der Waals surface area contributed by atoms with Gasteiger partial charge in [0.15, 0.2) is 0 Å². The number of hydrogen-bond acceptors (Lipinski definition) is 3. The number of rotatable bonds is 5. The maximum absolute atomic E-state index is 11.8. The molecule has 0 saturated carbocycles. The van der Waals surface area contributed by atoms with E-state index in [9.17, 15) is 4.79 Å². The number of thioether (sulfide) groups is 1. The molecule has 0 aliphatic carbocycles. The average Bonchev–Trinajstić information content (AvgIpc) is 2.36. The largest absolute Gasteiger partial charge is 0.348 e. The summed E-state index contributed by atoms with van der Waals surface area (Å²) in [6.07, 6.45) is 0. The Kier molecular flexibility index (Phi) is 5.69. The van der Waals surface area contributed by atoms with Gasteiger partial charge >= 0.3 is 0 Å². The van der Waals surface area contributed by atoms with Crippen LogP contribution in [0.25, 0.3) is 0 Å². The van der Waals surface area contributed by atoms with E-state index in [0.717, 1.165) is 4.90 Å². The summed E-state index contributed by atoms with van der Waals surface area (Å²) in [4.78, 5) is 14.6. The van der Waals surface area contributed by atoms with Crippen LogP contribution in [0.15, 0.2) is 29.2 Å². The molecule has 0 radical (unpaired) electrons. The maximum Gasteiger partial charge on any atom is 0.235 e. The maximum atomic E-state index is 11.8. The van der Waals surface area contributed by atoms with Crippen LogP contribution in [-0.2, 0) is 4.79 Å². The molecule has 0 saturated heterocycles. The van der Waals surface area contributed by atoms with E-state index < -0.39 is 0 Å². The van der Waals surface area contributed by atoms with E-state index in [1.54, 1.807) is 30.8 Å². The van der Waals surface area contributed by atoms with Crippen molar-refractivity contribution >= 4 is 17.7 Å². The minimum absolute atomic E-state index is 0.0554. The summed E-state index contributed by atoms with van der Waals surface area (Å²) in [5.41, 5.74) is 1.24. The summed E-state index contributed by atoms with van der Waals surface area (Å²) in [6.45, 7) is 4.07. The van der Waals surface area contributed by atoms with Gasteiger partial charge in [-0.05, 0) is 38.6 Å². The van der Waals surface area contributed by atoms with Gasteiger partial charge < -0.3 is 10.2 Å². The molecular formula is C14H22N2OS. The molecule has 0 bridgehead atoms. The summed E-state index contributed by atoms with van der Waals surface area (Å²) < 4.78 is 0. The fraction of sp³-hybridized carbons (Fsp3) is 0.500. The van der Waals surface area contributed by atoms with Crippen molar-refractivity contribution in [1.82, 2.24) is 10.2 Å². The van der Waals surface area contributed by atoms with E-state index in [-0.39, 0.29) is 11.2 Å². The van der Waals surface area contributed by atoms with Crippen LogP contribution >= 0.6 is 11.8 Å². The molecule has 0 aliphatic rings. The normalized spacial score (nSPS) is 14.1. The molecule has 1 rings (SSSR count). The summed E-state index contributed by atoms with van der Waals surface area (Å²) >= 11 is 1.60. The highest BCUT2D eigenvalue weighted by atomic mass is 32.2. The first-order chi connectivity index (χ1) is 8.45. The Morgan fingerprint density at radius 2 is 2.00 bits per heavy atom. The Hall–Kier alpha value is -1.00. The van der Waals surface area contributed by atoms with Crippen LogP contribution in [0, 0.1) is 0 Å². The molecule has 1 aromatic carbocycles. The zero-order valence-corrected chi connectivity index (χ0v) is 12.5. The van der Waals surface area contributed by atoms with Crippen molar-refractivity contribution in [2.24, 2.45) is 0 Å². The van der Waals surface area contributed by atoms with Gasteiger partial charge in [-0.15, -0.1) is 11.8 Å². The molecule has 100 valence electrons. The number of nitrogens with one attached hydrogen (secondary N) is 1. The standard InChI is InChI=1S/C14H22N2OS/c1-10(15-3)12-7-6-8-13(9-12)18-11(2)14(17)16(4)5/h6-11,15H,1-5H3. The van der Waals surface area contributed by atoms with Gasteiger partial charge in [0.25, 0.3) is 0 Å². The fourth-order valence-corrected chi connectivity index (χ4v) is 2.72. The highest BCUT2D eigenvalue weighted by Crippen LogP contribution is 2.26. The van der Waals surface area contributed by atoms with Crippen molar-refractivity contribution in [2.75, 3.05) is 21.1 Å². The lowest BCUT2D eigenvalue weighted by atomic mass is 10.1. The van der Waals surface area contributed by atoms with Crippen molar-refractivity contribution in [1.29, 1.82) is 0 Å². The van der Waals surface area contributed by atoms with E-state index in [0.29, 0.717) is 6.04 Å². The quantitative estimate of drug-likeness (QED) is 0.831. The third kappa shape index (κ3) is 4.03. The van der Waals surface area contributed by atoms with Crippen LogP contribution in [-0.4, -0.2) is 37.2 Å². The van der Waals surface area contributed by atoms with Crippen LogP contribution in [0.5, 0.6) is 0 Å². The third-order valence-corrected chi connectivity index (χ3v) is 3.97. The van der Waals surface area contributed by atoms with Crippen LogP contribution < -0.4 is 5.32 Å². The minimum atomic E-state index is -0.0554. The molecule has 2 atom stereocenters. The van der Waals surface area contributed by atoms with E-state index in [1.807, 2.05) is 20.0 Å². The lowest BCUT2D eigenvalue weighted by Crippen LogP contribution is -2.29. The molecule has 0 spiro atoms. The fourth-order valence-electron chi connectivity index (χ4n) is 1.64. The van der Waals surface area contributed by atoms with Crippen molar-refractivity contribution < 1.29 is 4.79 Å². The minimum Gasteiger partial charge on any atom is -0.348 e. The zero-order valence-electron chi connectivity index (χ0n) is 11.7. The van der Waals surface area contributed by atoms with Crippen molar-refractivity contribution in [3.63, 3.8) is 0 Å². The Labute approximate surface area is 114 Å². The molecule has 3 nitrogen and oxygen atoms in total. The average molecular weight is 266 g/mol. The van der Waals surface area contributed by atoms with Crippen molar-refractivity contribution in [2.45, 2.75) is 30.0 Å². The molecule has 0 aliphatic heterocycles. The van der Waals surface area contributed by atoms with Gasteiger partial charge in [-0.3, -0.25) is 4.79 Å². The number of carbonyl (C=O) groups excluding carboxylic acids is 1. The smallest absolute Gasteiger partial charge is 0.235 e. The molecular weight excluding hydrogens is 244 g/mol. The predicted octanol–water partition coefficient (Wildman–Crippen LogP) is 2.54. The van der Waals surface area contributed by atoms with Gasteiger partial charge in [-0.2, -0.15) is 0 Å². The van der Waals surface area contributed by atoms with Crippen molar-refractivity contribution in [3.8, 4) is 0 Å². The topological polar surface area (TPSA) is 32.3 Å². The Morgan fingerprint density at radius 3 is 2.56 bits per heavy atom. The second-order valence-electron chi connectivity index (χ2n) is 4.58. The third-order valence-electron chi connectivity index (χ3n) is 2.89. The van der Waals surface area contributed by atoms with Crippen LogP contribution in [0.4, 0.5) is 0 Å². The second-order valence-corrected chi connectivity index (χ2v) is 5.99. The molecule has 1 aromatic rings. The summed E-state index contributed by atoms with van der Waals surface area (Å²) in [5, 5.41) is 3.16. The van der Waals surface area contributed by atoms with Crippen LogP contribution in [0.2, 0.25) is 0 Å². The summed E-state index contributed by atoms with van der Waals surface area (Å²) in [7, 11) is 5.53. The summed E-state index contributed by atoms with van der Waals surface area (Å²) in [5.74, 6) is 0.145. The van der Waals surface area contributed by atoms with Gasteiger partial charge in [0, 0.05) is 25.0 Å². The summed E-state index contributed by atoms with van der Waals surface area (Å²) in [6, 6.07) is 8.66. The highest BCUT2D eigenvalue weighted by molar-refractivity contribution is 8.00. The van der Waals surface area contributed by atoms with Crippen LogP contribution in [0.1, 0.15) is 25.5 Å². The number of nitrogens with zero attached hydrogens (tertiary/aromatic N) is 1. The number of amides is 1. The second kappa shape index (κ2) is 6.81. The molecule has 2 unspecified atom stereocenters. The SMILES string of the molecule is CNC(C)c1cccc(SC(C)C(=O)N(C)C)c1. The number of carbonyl (C=O) groups is 1. The monoisotopic (exact) mass is 266 g/mol. The van der Waals surface area contributed by atoms with Gasteiger partial charge in [0.1, 0.15) is 0 Å². The van der Waals surface area contributed by atoms with Gasteiger partial charge in [0.2, 0.25) is 5.91 Å². The lowest BCUT2D eigenvalue weighted by Gasteiger charge is -2.17. The Bertz CT molecular complexity index is 407. The molecule has 0 fully saturated rings. The molecule has 0 heterocycles. The molecule has 18 heavy (non-hydrogen) atoms. The first kappa shape index (κ1) is 15.1. The van der Waals surface area contributed by atoms with E-state index in [2.05, 4.69) is 30.4 Å². The van der Waals surface area contributed by atoms with Gasteiger partial charge in [-0.25, -0.2) is 0 Å². The van der Waals surface area contributed by atoms with E-state index in [1.165, 1.54) is 5.56 Å². The van der Waals surface area contributed by atoms with Crippen molar-refractivity contribution in [3.05, 3.63) is 29.8 Å². The first-order valence-corrected chi connectivity index (χ1v) is 6.98. The highest BCUT2D eigenvalue weighted by Gasteiger charge is 2.16. The number of benzene rings is 1. The lowest BCUT2D eigenvalue weighted by molar-refractivity contribution is -0.127. The first-order valence-electron chi connectivity index (χ1n) is 6.10. The molecule has 1 amide bonds. The van der Waals surface area contributed by atoms with E-state index in [4.69, 9.17) is 0 Å². The predicted molar refractivity (Wildman–Crippen MR) is 77.9 cm³/mol. The van der Waals surface area contributed by atoms with Gasteiger partial charge in [0.05, 0.1) is 5.25 Å². The molecule has 0 aromatic heterocycles. The zero-order chi connectivity index (χ0) is 13.7. The Balaban J connectivity index is 2.76. The number of hydrogen-bond donors (Lipinski definition) is 1.